The van der Waals surface area contributed by atoms with Crippen LogP contribution in [0.3, 0.4) is 0 Å². The van der Waals surface area contributed by atoms with Gasteiger partial charge in [0, 0.05) is 5.56 Å². The monoisotopic (exact) mass is 530 g/mol. The van der Waals surface area contributed by atoms with E-state index in [1.54, 1.807) is 50.2 Å². The van der Waals surface area contributed by atoms with Gasteiger partial charge in [0.25, 0.3) is 0 Å². The standard InChI is InChI=1S/C26H27ClN2O8/c1-6-35-19-14-16(13-18(27)23(19)37-15(3)24(30)36-7-2)21-20(25(31)33-4)22(26(32)34-5)29(28-21)17-11-9-8-10-12-17/h8-15H,6-7H2,1-5H3. The average Bonchev–Trinajstić information content (AvgIpc) is 3.31. The summed E-state index contributed by atoms with van der Waals surface area (Å²) in [6.07, 6.45) is -0.962. The molecular formula is C26H27ClN2O8. The van der Waals surface area contributed by atoms with Crippen LogP contribution in [0, 0.1) is 0 Å². The summed E-state index contributed by atoms with van der Waals surface area (Å²) in [5.41, 5.74) is 0.707. The number of nitrogens with zero attached hydrogens (tertiary/aromatic N) is 2. The molecule has 0 aliphatic carbocycles. The van der Waals surface area contributed by atoms with Crippen LogP contribution in [0.2, 0.25) is 5.02 Å². The van der Waals surface area contributed by atoms with E-state index in [-0.39, 0.29) is 46.7 Å². The molecule has 0 aliphatic rings. The minimum Gasteiger partial charge on any atom is -0.490 e. The molecule has 0 aliphatic heterocycles. The molecule has 0 saturated heterocycles. The molecule has 1 atom stereocenters. The van der Waals surface area contributed by atoms with E-state index in [4.69, 9.17) is 35.3 Å². The zero-order valence-corrected chi connectivity index (χ0v) is 21.8. The fourth-order valence-corrected chi connectivity index (χ4v) is 3.78. The Morgan fingerprint density at radius 2 is 1.68 bits per heavy atom. The third kappa shape index (κ3) is 5.86. The Kier molecular flexibility index (Phi) is 9.13. The highest BCUT2D eigenvalue weighted by atomic mass is 35.5. The number of rotatable bonds is 10. The number of aromatic nitrogens is 2. The molecule has 0 spiro atoms. The van der Waals surface area contributed by atoms with Gasteiger partial charge < -0.3 is 23.7 Å². The molecule has 196 valence electrons. The van der Waals surface area contributed by atoms with E-state index in [2.05, 4.69) is 5.10 Å². The number of hydrogen-bond donors (Lipinski definition) is 0. The Bertz CT molecular complexity index is 1290. The highest BCUT2D eigenvalue weighted by Crippen LogP contribution is 2.41. The number of esters is 3. The smallest absolute Gasteiger partial charge is 0.357 e. The van der Waals surface area contributed by atoms with Gasteiger partial charge in [0.1, 0.15) is 11.3 Å². The van der Waals surface area contributed by atoms with E-state index in [0.717, 1.165) is 0 Å². The first-order chi connectivity index (χ1) is 17.8. The largest absolute Gasteiger partial charge is 0.490 e. The van der Waals surface area contributed by atoms with Gasteiger partial charge in [0.2, 0.25) is 0 Å². The zero-order valence-electron chi connectivity index (χ0n) is 21.1. The number of ether oxygens (including phenoxy) is 5. The first kappa shape index (κ1) is 27.5. The van der Waals surface area contributed by atoms with Crippen LogP contribution in [-0.4, -0.2) is 61.2 Å². The molecule has 3 rings (SSSR count). The lowest BCUT2D eigenvalue weighted by Gasteiger charge is -2.18. The maximum absolute atomic E-state index is 12.9. The molecule has 0 N–H and O–H groups in total. The third-order valence-corrected chi connectivity index (χ3v) is 5.43. The second kappa shape index (κ2) is 12.3. The summed E-state index contributed by atoms with van der Waals surface area (Å²) in [5.74, 6) is -1.85. The molecule has 0 radical (unpaired) electrons. The fraction of sp³-hybridized carbons (Fsp3) is 0.308. The zero-order chi connectivity index (χ0) is 27.1. The van der Waals surface area contributed by atoms with Crippen molar-refractivity contribution < 1.29 is 38.1 Å². The summed E-state index contributed by atoms with van der Waals surface area (Å²) in [6, 6.07) is 11.8. The van der Waals surface area contributed by atoms with Gasteiger partial charge in [-0.3, -0.25) is 0 Å². The van der Waals surface area contributed by atoms with Crippen LogP contribution >= 0.6 is 11.6 Å². The minimum absolute atomic E-state index is 0.0850. The molecule has 0 bridgehead atoms. The van der Waals surface area contributed by atoms with Crippen LogP contribution in [0.1, 0.15) is 41.6 Å². The van der Waals surface area contributed by atoms with E-state index < -0.39 is 24.0 Å². The first-order valence-corrected chi connectivity index (χ1v) is 11.8. The highest BCUT2D eigenvalue weighted by Gasteiger charge is 2.32. The van der Waals surface area contributed by atoms with Crippen molar-refractivity contribution >= 4 is 29.5 Å². The van der Waals surface area contributed by atoms with E-state index in [9.17, 15) is 14.4 Å². The van der Waals surface area contributed by atoms with Crippen molar-refractivity contribution in [3.8, 4) is 28.4 Å². The average molecular weight is 531 g/mol. The molecule has 0 amide bonds. The number of halogens is 1. The fourth-order valence-electron chi connectivity index (χ4n) is 3.52. The van der Waals surface area contributed by atoms with Crippen molar-refractivity contribution in [3.05, 3.63) is 58.7 Å². The predicted molar refractivity (Wildman–Crippen MR) is 135 cm³/mol. The van der Waals surface area contributed by atoms with Crippen LogP contribution in [0.4, 0.5) is 0 Å². The van der Waals surface area contributed by atoms with Crippen molar-refractivity contribution in [1.82, 2.24) is 9.78 Å². The molecule has 0 fully saturated rings. The van der Waals surface area contributed by atoms with Crippen molar-refractivity contribution in [2.75, 3.05) is 27.4 Å². The quantitative estimate of drug-likeness (QED) is 0.276. The van der Waals surface area contributed by atoms with Crippen LogP contribution in [0.5, 0.6) is 11.5 Å². The Morgan fingerprint density at radius 1 is 1.00 bits per heavy atom. The normalized spacial score (nSPS) is 11.4. The first-order valence-electron chi connectivity index (χ1n) is 11.4. The Labute approximate surface area is 219 Å². The summed E-state index contributed by atoms with van der Waals surface area (Å²) in [4.78, 5) is 37.8. The predicted octanol–water partition coefficient (Wildman–Crippen LogP) is 4.50. The lowest BCUT2D eigenvalue weighted by Crippen LogP contribution is -2.26. The lowest BCUT2D eigenvalue weighted by molar-refractivity contribution is -0.150. The van der Waals surface area contributed by atoms with Crippen molar-refractivity contribution in [3.63, 3.8) is 0 Å². The van der Waals surface area contributed by atoms with Gasteiger partial charge in [-0.05, 0) is 45.0 Å². The minimum atomic E-state index is -0.962. The summed E-state index contributed by atoms with van der Waals surface area (Å²) < 4.78 is 27.7. The molecule has 0 saturated carbocycles. The third-order valence-electron chi connectivity index (χ3n) is 5.15. The van der Waals surface area contributed by atoms with Crippen molar-refractivity contribution in [2.45, 2.75) is 26.9 Å². The van der Waals surface area contributed by atoms with Crippen molar-refractivity contribution in [1.29, 1.82) is 0 Å². The number of benzene rings is 2. The number of methoxy groups -OCH3 is 2. The van der Waals surface area contributed by atoms with Crippen molar-refractivity contribution in [2.24, 2.45) is 0 Å². The number of para-hydroxylation sites is 1. The van der Waals surface area contributed by atoms with E-state index in [1.165, 1.54) is 31.9 Å². The van der Waals surface area contributed by atoms with Gasteiger partial charge in [0.15, 0.2) is 23.3 Å². The molecule has 2 aromatic carbocycles. The van der Waals surface area contributed by atoms with Gasteiger partial charge in [-0.1, -0.05) is 29.8 Å². The van der Waals surface area contributed by atoms with E-state index in [1.807, 2.05) is 0 Å². The molecular weight excluding hydrogens is 504 g/mol. The summed E-state index contributed by atoms with van der Waals surface area (Å²) in [5, 5.41) is 4.65. The lowest BCUT2D eigenvalue weighted by atomic mass is 10.0. The van der Waals surface area contributed by atoms with Gasteiger partial charge in [-0.15, -0.1) is 0 Å². The second-order valence-corrected chi connectivity index (χ2v) is 7.94. The Morgan fingerprint density at radius 3 is 2.27 bits per heavy atom. The van der Waals surface area contributed by atoms with Crippen LogP contribution in [0.25, 0.3) is 16.9 Å². The van der Waals surface area contributed by atoms with E-state index >= 15 is 0 Å². The van der Waals surface area contributed by atoms with Gasteiger partial charge in [-0.2, -0.15) is 5.10 Å². The van der Waals surface area contributed by atoms with Crippen LogP contribution in [-0.2, 0) is 19.0 Å². The van der Waals surface area contributed by atoms with E-state index in [0.29, 0.717) is 11.3 Å². The molecule has 37 heavy (non-hydrogen) atoms. The Balaban J connectivity index is 2.25. The topological polar surface area (TPSA) is 115 Å². The summed E-state index contributed by atoms with van der Waals surface area (Å²) >= 11 is 6.57. The summed E-state index contributed by atoms with van der Waals surface area (Å²) in [7, 11) is 2.39. The van der Waals surface area contributed by atoms with Crippen LogP contribution < -0.4 is 9.47 Å². The second-order valence-electron chi connectivity index (χ2n) is 7.53. The molecule has 3 aromatic rings. The number of hydrogen-bond acceptors (Lipinski definition) is 9. The summed E-state index contributed by atoms with van der Waals surface area (Å²) in [6.45, 7) is 5.42. The molecule has 11 heteroatoms. The van der Waals surface area contributed by atoms with Gasteiger partial charge in [-0.25, -0.2) is 19.1 Å². The number of carbonyl (C=O) groups is 3. The highest BCUT2D eigenvalue weighted by molar-refractivity contribution is 6.32. The van der Waals surface area contributed by atoms with Gasteiger partial charge in [0.05, 0.1) is 38.1 Å². The molecule has 1 aromatic heterocycles. The maximum Gasteiger partial charge on any atom is 0.357 e. The SMILES string of the molecule is CCOC(=O)C(C)Oc1c(Cl)cc(-c2nn(-c3ccccc3)c(C(=O)OC)c2C(=O)OC)cc1OCC. The number of carbonyl (C=O) groups excluding carboxylic acids is 3. The van der Waals surface area contributed by atoms with Crippen LogP contribution in [0.15, 0.2) is 42.5 Å². The molecule has 10 nitrogen and oxygen atoms in total. The molecule has 1 heterocycles. The Hall–Kier alpha value is -4.05. The molecule has 1 unspecified atom stereocenters. The maximum atomic E-state index is 12.9. The van der Waals surface area contributed by atoms with Gasteiger partial charge >= 0.3 is 17.9 Å².